The Morgan fingerprint density at radius 1 is 0.955 bits per heavy atom. The average molecular weight is 398 g/mol. The summed E-state index contributed by atoms with van der Waals surface area (Å²) >= 11 is 14.7. The second kappa shape index (κ2) is 9.13. The number of nitrogens with one attached hydrogen (secondary N) is 2. The Morgan fingerprint density at radius 2 is 1.59 bits per heavy atom. The van der Waals surface area contributed by atoms with Crippen LogP contribution in [-0.2, 0) is 12.8 Å². The molecule has 0 unspecified atom stereocenters. The molecule has 2 rings (SSSR count). The van der Waals surface area contributed by atoms with Gasteiger partial charge in [-0.15, -0.1) is 0 Å². The molecule has 2 aromatic carbocycles. The van der Waals surface area contributed by atoms with Gasteiger partial charge in [-0.3, -0.25) is 0 Å². The van der Waals surface area contributed by atoms with Gasteiger partial charge in [0.05, 0.1) is 0 Å². The first-order valence-corrected chi connectivity index (χ1v) is 8.72. The SMILES string of the molecule is S=C(NCCc1ccc(Br)cc1)NCCc1cccc(Cl)c1. The van der Waals surface area contributed by atoms with Crippen LogP contribution in [0.3, 0.4) is 0 Å². The van der Waals surface area contributed by atoms with Crippen molar-refractivity contribution in [2.24, 2.45) is 0 Å². The van der Waals surface area contributed by atoms with E-state index in [0.29, 0.717) is 5.11 Å². The number of hydrogen-bond donors (Lipinski definition) is 2. The van der Waals surface area contributed by atoms with Crippen LogP contribution in [0.15, 0.2) is 53.0 Å². The highest BCUT2D eigenvalue weighted by molar-refractivity contribution is 9.10. The molecule has 0 saturated heterocycles. The third-order valence-corrected chi connectivity index (χ3v) is 4.25. The molecular formula is C17H18BrClN2S. The summed E-state index contributed by atoms with van der Waals surface area (Å²) in [6.45, 7) is 1.62. The van der Waals surface area contributed by atoms with Gasteiger partial charge in [-0.25, -0.2) is 0 Å². The van der Waals surface area contributed by atoms with Crippen LogP contribution in [0.25, 0.3) is 0 Å². The Morgan fingerprint density at radius 3 is 2.23 bits per heavy atom. The third kappa shape index (κ3) is 6.34. The molecule has 116 valence electrons. The van der Waals surface area contributed by atoms with Crippen molar-refractivity contribution in [2.45, 2.75) is 12.8 Å². The van der Waals surface area contributed by atoms with Crippen molar-refractivity contribution in [1.29, 1.82) is 0 Å². The zero-order chi connectivity index (χ0) is 15.8. The molecule has 0 amide bonds. The summed E-state index contributed by atoms with van der Waals surface area (Å²) in [4.78, 5) is 0. The summed E-state index contributed by atoms with van der Waals surface area (Å²) in [7, 11) is 0. The Bertz CT molecular complexity index is 616. The second-order valence-corrected chi connectivity index (χ2v) is 6.70. The van der Waals surface area contributed by atoms with Crippen LogP contribution in [0.1, 0.15) is 11.1 Å². The molecule has 0 heterocycles. The van der Waals surface area contributed by atoms with Crippen molar-refractivity contribution >= 4 is 44.9 Å². The lowest BCUT2D eigenvalue weighted by Crippen LogP contribution is -2.37. The Kier molecular flexibility index (Phi) is 7.16. The molecule has 0 aromatic heterocycles. The first-order valence-electron chi connectivity index (χ1n) is 7.14. The Hall–Kier alpha value is -1.10. The molecule has 0 aliphatic heterocycles. The summed E-state index contributed by atoms with van der Waals surface area (Å²) < 4.78 is 1.10. The number of benzene rings is 2. The van der Waals surface area contributed by atoms with Crippen molar-refractivity contribution in [3.63, 3.8) is 0 Å². The van der Waals surface area contributed by atoms with Gasteiger partial charge in [0.15, 0.2) is 5.11 Å². The Balaban J connectivity index is 1.62. The molecule has 2 aromatic rings. The predicted octanol–water partition coefficient (Wildman–Crippen LogP) is 4.35. The zero-order valence-electron chi connectivity index (χ0n) is 12.1. The fraction of sp³-hybridized carbons (Fsp3) is 0.235. The molecule has 5 heteroatoms. The van der Waals surface area contributed by atoms with Crippen molar-refractivity contribution in [3.05, 3.63) is 69.2 Å². The van der Waals surface area contributed by atoms with Crippen molar-refractivity contribution < 1.29 is 0 Å². The summed E-state index contributed by atoms with van der Waals surface area (Å²) in [6, 6.07) is 16.2. The molecule has 0 saturated carbocycles. The van der Waals surface area contributed by atoms with Gasteiger partial charge < -0.3 is 10.6 Å². The first-order chi connectivity index (χ1) is 10.6. The number of thiocarbonyl (C=S) groups is 1. The van der Waals surface area contributed by atoms with Crippen molar-refractivity contribution in [3.8, 4) is 0 Å². The fourth-order valence-electron chi connectivity index (χ4n) is 2.05. The predicted molar refractivity (Wildman–Crippen MR) is 102 cm³/mol. The van der Waals surface area contributed by atoms with Gasteiger partial charge in [-0.1, -0.05) is 51.8 Å². The highest BCUT2D eigenvalue weighted by Crippen LogP contribution is 2.11. The van der Waals surface area contributed by atoms with Gasteiger partial charge in [0.25, 0.3) is 0 Å². The largest absolute Gasteiger partial charge is 0.362 e. The summed E-state index contributed by atoms with van der Waals surface area (Å²) in [5.74, 6) is 0. The molecule has 0 aliphatic carbocycles. The van der Waals surface area contributed by atoms with Crippen LogP contribution in [0, 0.1) is 0 Å². The van der Waals surface area contributed by atoms with Gasteiger partial charge in [-0.2, -0.15) is 0 Å². The molecule has 2 nitrogen and oxygen atoms in total. The molecule has 0 aliphatic rings. The third-order valence-electron chi connectivity index (χ3n) is 3.20. The maximum atomic E-state index is 5.96. The summed E-state index contributed by atoms with van der Waals surface area (Å²) in [6.07, 6.45) is 1.85. The molecule has 0 spiro atoms. The van der Waals surface area contributed by atoms with Gasteiger partial charge in [0, 0.05) is 22.6 Å². The molecule has 0 atom stereocenters. The van der Waals surface area contributed by atoms with E-state index in [4.69, 9.17) is 23.8 Å². The van der Waals surface area contributed by atoms with E-state index < -0.39 is 0 Å². The minimum atomic E-state index is 0.694. The molecule has 2 N–H and O–H groups in total. The molecule has 22 heavy (non-hydrogen) atoms. The van der Waals surface area contributed by atoms with E-state index in [0.717, 1.165) is 35.4 Å². The quantitative estimate of drug-likeness (QED) is 0.709. The molecule has 0 bridgehead atoms. The lowest BCUT2D eigenvalue weighted by molar-refractivity contribution is 0.802. The fourth-order valence-corrected chi connectivity index (χ4v) is 2.73. The van der Waals surface area contributed by atoms with Crippen LogP contribution in [0.4, 0.5) is 0 Å². The second-order valence-electron chi connectivity index (χ2n) is 4.94. The highest BCUT2D eigenvalue weighted by Gasteiger charge is 1.98. The molecular weight excluding hydrogens is 380 g/mol. The van der Waals surface area contributed by atoms with Crippen molar-refractivity contribution in [1.82, 2.24) is 10.6 Å². The first kappa shape index (κ1) is 17.3. The smallest absolute Gasteiger partial charge is 0.166 e. The van der Waals surface area contributed by atoms with Crippen LogP contribution >= 0.6 is 39.7 Å². The van der Waals surface area contributed by atoms with Gasteiger partial charge in [0.2, 0.25) is 0 Å². The Labute approximate surface area is 150 Å². The van der Waals surface area contributed by atoms with Crippen LogP contribution in [0.2, 0.25) is 5.02 Å². The van der Waals surface area contributed by atoms with Gasteiger partial charge in [-0.05, 0) is 60.5 Å². The summed E-state index contributed by atoms with van der Waals surface area (Å²) in [5, 5.41) is 7.91. The van der Waals surface area contributed by atoms with E-state index in [1.807, 2.05) is 18.2 Å². The van der Waals surface area contributed by atoms with Gasteiger partial charge >= 0.3 is 0 Å². The van der Waals surface area contributed by atoms with Crippen LogP contribution < -0.4 is 10.6 Å². The minimum Gasteiger partial charge on any atom is -0.362 e. The van der Waals surface area contributed by atoms with E-state index in [-0.39, 0.29) is 0 Å². The monoisotopic (exact) mass is 396 g/mol. The summed E-state index contributed by atoms with van der Waals surface area (Å²) in [5.41, 5.74) is 2.50. The van der Waals surface area contributed by atoms with E-state index in [9.17, 15) is 0 Å². The van der Waals surface area contributed by atoms with E-state index >= 15 is 0 Å². The minimum absolute atomic E-state index is 0.694. The lowest BCUT2D eigenvalue weighted by atomic mass is 10.1. The number of halogens is 2. The topological polar surface area (TPSA) is 24.1 Å². The standard InChI is InChI=1S/C17H18BrClN2S/c18-15-6-4-13(5-7-15)8-10-20-17(22)21-11-9-14-2-1-3-16(19)12-14/h1-7,12H,8-11H2,(H2,20,21,22). The van der Waals surface area contributed by atoms with Gasteiger partial charge in [0.1, 0.15) is 0 Å². The van der Waals surface area contributed by atoms with E-state index in [1.165, 1.54) is 11.1 Å². The average Bonchev–Trinajstić information content (AvgIpc) is 2.49. The maximum absolute atomic E-state index is 5.96. The van der Waals surface area contributed by atoms with E-state index in [1.54, 1.807) is 0 Å². The molecule has 0 fully saturated rings. The van der Waals surface area contributed by atoms with E-state index in [2.05, 4.69) is 56.9 Å². The lowest BCUT2D eigenvalue weighted by Gasteiger charge is -2.10. The van der Waals surface area contributed by atoms with Crippen molar-refractivity contribution in [2.75, 3.05) is 13.1 Å². The zero-order valence-corrected chi connectivity index (χ0v) is 15.3. The normalized spacial score (nSPS) is 10.3. The molecule has 0 radical (unpaired) electrons. The maximum Gasteiger partial charge on any atom is 0.166 e. The highest BCUT2D eigenvalue weighted by atomic mass is 79.9. The van der Waals surface area contributed by atoms with Crippen LogP contribution in [-0.4, -0.2) is 18.2 Å². The van der Waals surface area contributed by atoms with Crippen LogP contribution in [0.5, 0.6) is 0 Å². The number of rotatable bonds is 6. The number of hydrogen-bond acceptors (Lipinski definition) is 1.